The number of aromatic nitrogens is 2. The number of hydrogen-bond acceptors (Lipinski definition) is 4. The summed E-state index contributed by atoms with van der Waals surface area (Å²) in [5.41, 5.74) is 10.3. The third-order valence-corrected chi connectivity index (χ3v) is 4.53. The second-order valence-corrected chi connectivity index (χ2v) is 6.87. The van der Waals surface area contributed by atoms with Crippen LogP contribution < -0.4 is 11.1 Å². The molecule has 0 spiro atoms. The predicted molar refractivity (Wildman–Crippen MR) is 101 cm³/mol. The minimum absolute atomic E-state index is 0.0240. The minimum atomic E-state index is -0.343. The van der Waals surface area contributed by atoms with Crippen molar-refractivity contribution in [3.05, 3.63) is 77.7 Å². The highest BCUT2D eigenvalue weighted by Crippen LogP contribution is 2.36. The fourth-order valence-electron chi connectivity index (χ4n) is 3.15. The van der Waals surface area contributed by atoms with Gasteiger partial charge in [0.05, 0.1) is 18.2 Å². The Morgan fingerprint density at radius 1 is 1.12 bits per heavy atom. The molecule has 0 saturated heterocycles. The monoisotopic (exact) mass is 331 g/mol. The van der Waals surface area contributed by atoms with Crippen LogP contribution in [0.3, 0.4) is 0 Å². The normalized spacial score (nSPS) is 16.4. The lowest BCUT2D eigenvalue weighted by Crippen LogP contribution is -2.28. The molecule has 126 valence electrons. The Balaban J connectivity index is 1.71. The maximum absolute atomic E-state index is 6.18. The fourth-order valence-corrected chi connectivity index (χ4v) is 3.15. The van der Waals surface area contributed by atoms with Crippen LogP contribution in [-0.2, 0) is 5.54 Å². The van der Waals surface area contributed by atoms with E-state index in [9.17, 15) is 0 Å². The Hall–Kier alpha value is -2.92. The molecule has 1 unspecified atom stereocenters. The van der Waals surface area contributed by atoms with Crippen LogP contribution in [0.1, 0.15) is 36.6 Å². The summed E-state index contributed by atoms with van der Waals surface area (Å²) in [6.07, 6.45) is 7.44. The van der Waals surface area contributed by atoms with Gasteiger partial charge in [0.2, 0.25) is 0 Å². The third-order valence-electron chi connectivity index (χ3n) is 4.53. The van der Waals surface area contributed by atoms with Crippen molar-refractivity contribution in [2.24, 2.45) is 10.7 Å². The second kappa shape index (κ2) is 5.86. The molecule has 0 bridgehead atoms. The summed E-state index contributed by atoms with van der Waals surface area (Å²) in [5.74, 6) is 1.02. The summed E-state index contributed by atoms with van der Waals surface area (Å²) < 4.78 is 2.10. The van der Waals surface area contributed by atoms with Crippen molar-refractivity contribution in [1.82, 2.24) is 9.55 Å². The van der Waals surface area contributed by atoms with Gasteiger partial charge in [0.25, 0.3) is 0 Å². The van der Waals surface area contributed by atoms with Gasteiger partial charge in [-0.3, -0.25) is 9.98 Å². The van der Waals surface area contributed by atoms with Crippen molar-refractivity contribution >= 4 is 12.2 Å². The molecule has 1 aromatic carbocycles. The number of aliphatic imine (C=N–C) groups is 1. The van der Waals surface area contributed by atoms with Gasteiger partial charge in [-0.05, 0) is 43.2 Å². The van der Waals surface area contributed by atoms with Crippen LogP contribution in [-0.4, -0.2) is 15.9 Å². The van der Waals surface area contributed by atoms with Crippen LogP contribution >= 0.6 is 0 Å². The molecule has 25 heavy (non-hydrogen) atoms. The molecule has 5 heteroatoms. The SMILES string of the molecule is CC(C)(N)c1ccc(C2N=CNc3c2ccn3-c2cccnc2)cc1. The first-order valence-corrected chi connectivity index (χ1v) is 8.33. The Morgan fingerprint density at radius 3 is 2.60 bits per heavy atom. The van der Waals surface area contributed by atoms with Gasteiger partial charge in [-0.15, -0.1) is 0 Å². The van der Waals surface area contributed by atoms with Gasteiger partial charge < -0.3 is 15.6 Å². The van der Waals surface area contributed by atoms with E-state index in [1.165, 1.54) is 0 Å². The zero-order valence-corrected chi connectivity index (χ0v) is 14.3. The van der Waals surface area contributed by atoms with Gasteiger partial charge in [0.1, 0.15) is 11.9 Å². The van der Waals surface area contributed by atoms with E-state index in [1.54, 1.807) is 12.5 Å². The van der Waals surface area contributed by atoms with E-state index < -0.39 is 0 Å². The maximum atomic E-state index is 6.18. The lowest BCUT2D eigenvalue weighted by Gasteiger charge is -2.22. The first-order chi connectivity index (χ1) is 12.0. The van der Waals surface area contributed by atoms with Crippen LogP contribution in [0, 0.1) is 0 Å². The van der Waals surface area contributed by atoms with Crippen molar-refractivity contribution < 1.29 is 0 Å². The summed E-state index contributed by atoms with van der Waals surface area (Å²) in [6, 6.07) is 14.5. The highest BCUT2D eigenvalue weighted by molar-refractivity contribution is 5.80. The van der Waals surface area contributed by atoms with E-state index in [0.29, 0.717) is 0 Å². The van der Waals surface area contributed by atoms with Gasteiger partial charge >= 0.3 is 0 Å². The first kappa shape index (κ1) is 15.6. The van der Waals surface area contributed by atoms with Crippen LogP contribution in [0.25, 0.3) is 5.69 Å². The number of anilines is 1. The molecule has 5 nitrogen and oxygen atoms in total. The maximum Gasteiger partial charge on any atom is 0.121 e. The molecule has 3 heterocycles. The van der Waals surface area contributed by atoms with Crippen LogP contribution in [0.15, 0.2) is 66.0 Å². The number of nitrogens with two attached hydrogens (primary N) is 1. The van der Waals surface area contributed by atoms with Crippen LogP contribution in [0.4, 0.5) is 5.82 Å². The smallest absolute Gasteiger partial charge is 0.121 e. The topological polar surface area (TPSA) is 68.2 Å². The van der Waals surface area contributed by atoms with Crippen molar-refractivity contribution in [2.45, 2.75) is 25.4 Å². The average molecular weight is 331 g/mol. The largest absolute Gasteiger partial charge is 0.332 e. The van der Waals surface area contributed by atoms with Gasteiger partial charge in [0, 0.05) is 23.5 Å². The number of nitrogens with zero attached hydrogens (tertiary/aromatic N) is 3. The second-order valence-electron chi connectivity index (χ2n) is 6.87. The quantitative estimate of drug-likeness (QED) is 0.770. The Labute approximate surface area is 147 Å². The van der Waals surface area contributed by atoms with E-state index in [0.717, 1.165) is 28.2 Å². The Bertz CT molecular complexity index is 902. The van der Waals surface area contributed by atoms with E-state index in [-0.39, 0.29) is 11.6 Å². The average Bonchev–Trinajstić information content (AvgIpc) is 3.06. The summed E-state index contributed by atoms with van der Waals surface area (Å²) in [4.78, 5) is 8.85. The molecule has 2 aromatic heterocycles. The van der Waals surface area contributed by atoms with Crippen molar-refractivity contribution in [2.75, 3.05) is 5.32 Å². The predicted octanol–water partition coefficient (Wildman–Crippen LogP) is 3.61. The van der Waals surface area contributed by atoms with E-state index in [2.05, 4.69) is 50.2 Å². The summed E-state index contributed by atoms with van der Waals surface area (Å²) in [7, 11) is 0. The fraction of sp³-hybridized carbons (Fsp3) is 0.200. The zero-order chi connectivity index (χ0) is 17.4. The number of nitrogens with one attached hydrogen (secondary N) is 1. The number of fused-ring (bicyclic) bond motifs is 1. The third kappa shape index (κ3) is 2.83. The Kier molecular flexibility index (Phi) is 3.66. The lowest BCUT2D eigenvalue weighted by molar-refractivity contribution is 0.554. The first-order valence-electron chi connectivity index (χ1n) is 8.33. The molecule has 3 aromatic rings. The van der Waals surface area contributed by atoms with Gasteiger partial charge in [-0.1, -0.05) is 24.3 Å². The van der Waals surface area contributed by atoms with Gasteiger partial charge in [-0.25, -0.2) is 0 Å². The highest BCUT2D eigenvalue weighted by atomic mass is 15.2. The van der Waals surface area contributed by atoms with Crippen LogP contribution in [0.5, 0.6) is 0 Å². The summed E-state index contributed by atoms with van der Waals surface area (Å²) >= 11 is 0. The van der Waals surface area contributed by atoms with E-state index >= 15 is 0 Å². The standard InChI is InChI=1S/C20H21N5/c1-20(2,21)15-7-5-14(6-8-15)18-17-9-11-25(19(17)24-13-23-18)16-4-3-10-22-12-16/h3-13,18H,21H2,1-2H3,(H,23,24). The lowest BCUT2D eigenvalue weighted by atomic mass is 9.92. The molecule has 0 aliphatic carbocycles. The number of benzene rings is 1. The molecule has 0 fully saturated rings. The highest BCUT2D eigenvalue weighted by Gasteiger charge is 2.23. The van der Waals surface area contributed by atoms with Crippen molar-refractivity contribution in [3.63, 3.8) is 0 Å². The van der Waals surface area contributed by atoms with E-state index in [4.69, 9.17) is 5.73 Å². The number of hydrogen-bond donors (Lipinski definition) is 2. The molecule has 0 saturated carbocycles. The van der Waals surface area contributed by atoms with Crippen molar-refractivity contribution in [3.8, 4) is 5.69 Å². The number of rotatable bonds is 3. The molecular formula is C20H21N5. The minimum Gasteiger partial charge on any atom is -0.332 e. The van der Waals surface area contributed by atoms with Crippen molar-refractivity contribution in [1.29, 1.82) is 0 Å². The molecule has 1 aliphatic heterocycles. The molecule has 4 rings (SSSR count). The molecular weight excluding hydrogens is 310 g/mol. The number of pyridine rings is 1. The molecule has 0 amide bonds. The molecule has 0 radical (unpaired) electrons. The van der Waals surface area contributed by atoms with Gasteiger partial charge in [0.15, 0.2) is 0 Å². The zero-order valence-electron chi connectivity index (χ0n) is 14.3. The summed E-state index contributed by atoms with van der Waals surface area (Å²) in [5, 5.41) is 3.27. The Morgan fingerprint density at radius 2 is 1.92 bits per heavy atom. The molecule has 1 atom stereocenters. The molecule has 1 aliphatic rings. The molecule has 3 N–H and O–H groups in total. The van der Waals surface area contributed by atoms with Gasteiger partial charge in [-0.2, -0.15) is 0 Å². The summed E-state index contributed by atoms with van der Waals surface area (Å²) in [6.45, 7) is 4.02. The van der Waals surface area contributed by atoms with Crippen LogP contribution in [0.2, 0.25) is 0 Å². The van der Waals surface area contributed by atoms with E-state index in [1.807, 2.05) is 38.4 Å².